The van der Waals surface area contributed by atoms with Crippen molar-refractivity contribution in [3.8, 4) is 0 Å². The van der Waals surface area contributed by atoms with Gasteiger partial charge in [0.25, 0.3) is 0 Å². The summed E-state index contributed by atoms with van der Waals surface area (Å²) in [6.07, 6.45) is 0. The first-order chi connectivity index (χ1) is 3.46. The Kier molecular flexibility index (Phi) is 20.9. The smallest absolute Gasteiger partial charge is 4.00 e. The molecule has 0 aromatic carbocycles. The molecule has 0 aliphatic heterocycles. The molecule has 0 fully saturated rings. The van der Waals surface area contributed by atoms with Crippen LogP contribution in [-0.4, -0.2) is 11.0 Å². The third-order valence-electron chi connectivity index (χ3n) is 0. The maximum Gasteiger partial charge on any atom is 4.00 e. The third kappa shape index (κ3) is 756. The van der Waals surface area contributed by atoms with E-state index in [4.69, 9.17) is 24.2 Å². The summed E-state index contributed by atoms with van der Waals surface area (Å²) in [5.41, 5.74) is 0. The van der Waals surface area contributed by atoms with Gasteiger partial charge in [0.2, 0.25) is 0 Å². The molecule has 0 saturated heterocycles. The summed E-state index contributed by atoms with van der Waals surface area (Å²) in [5.74, 6) is 0. The van der Waals surface area contributed by atoms with Gasteiger partial charge in [-0.05, 0) is 0 Å². The van der Waals surface area contributed by atoms with E-state index in [2.05, 4.69) is 0 Å². The summed E-state index contributed by atoms with van der Waals surface area (Å²) in [5, 5.41) is 0. The number of hydrogen-bond acceptors (Lipinski definition) is 6. The molecule has 0 bridgehead atoms. The average Bonchev–Trinajstić information content (AvgIpc) is 1.25. The van der Waals surface area contributed by atoms with Gasteiger partial charge in [0, 0.05) is 0 Å². The fourth-order valence-electron chi connectivity index (χ4n) is 0. The summed E-state index contributed by atoms with van der Waals surface area (Å²) >= 11 is -7.58. The van der Waals surface area contributed by atoms with Crippen molar-refractivity contribution in [3.05, 3.63) is 0 Å². The van der Waals surface area contributed by atoms with Crippen molar-refractivity contribution in [1.29, 1.82) is 0 Å². The zero-order chi connectivity index (χ0) is 7.15. The normalized spacial score (nSPS) is 7.78. The fourth-order valence-corrected chi connectivity index (χ4v) is 0. The quantitative estimate of drug-likeness (QED) is 0.381. The van der Waals surface area contributed by atoms with Gasteiger partial charge in [-0.25, -0.2) is 0 Å². The minimum absolute atomic E-state index is 0. The van der Waals surface area contributed by atoms with Gasteiger partial charge in [-0.3, -0.25) is 0 Å². The molecule has 0 unspecified atom stereocenters. The van der Waals surface area contributed by atoms with Crippen molar-refractivity contribution >= 4 is 11.0 Å². The summed E-state index contributed by atoms with van der Waals surface area (Å²) in [7, 11) is 0. The largest absolute Gasteiger partial charge is 4.00 e. The Bertz CT molecular complexity index is 69.1. The molecule has 0 heterocycles. The first-order valence-electron chi connectivity index (χ1n) is 1.00. The second kappa shape index (κ2) is 11.5. The Labute approximate surface area is 64.9 Å². The zero-order valence-corrected chi connectivity index (χ0v) is 7.32. The predicted octanol–water partition coefficient (Wildman–Crippen LogP) is -5.38. The maximum absolute atomic E-state index is 8.54. The minimum Gasteiger partial charge on any atom is 4.00 e. The van der Waals surface area contributed by atoms with Crippen molar-refractivity contribution in [2.75, 3.05) is 0 Å². The van der Waals surface area contributed by atoms with Crippen molar-refractivity contribution in [1.82, 2.24) is 0 Å². The van der Waals surface area contributed by atoms with Gasteiger partial charge >= 0.3 is 64.7 Å². The molecule has 0 rings (SSSR count). The van der Waals surface area contributed by atoms with Crippen LogP contribution in [0.15, 0.2) is 0 Å². The van der Waals surface area contributed by atoms with Crippen molar-refractivity contribution in [2.24, 2.45) is 0 Å². The van der Waals surface area contributed by atoms with Gasteiger partial charge in [0.05, 0.1) is 0 Å². The van der Waals surface area contributed by atoms with Crippen LogP contribution >= 0.6 is 0 Å². The number of rotatable bonds is 0. The molecule has 0 atom stereocenters. The average molecular weight is 228 g/mol. The molecule has 0 aliphatic carbocycles. The van der Waals surface area contributed by atoms with Crippen LogP contribution in [-0.2, 0) is 37.1 Å². The van der Waals surface area contributed by atoms with Gasteiger partial charge in [-0.2, -0.15) is 0 Å². The van der Waals surface area contributed by atoms with E-state index in [0.717, 1.165) is 0 Å². The molecule has 0 aromatic rings. The molecular weight excluding hydrogens is 228 g/mol. The van der Waals surface area contributed by atoms with Crippen molar-refractivity contribution < 1.29 is 53.7 Å². The van der Waals surface area contributed by atoms with E-state index >= 15 is 0 Å². The molecule has 6 nitrogen and oxygen atoms in total. The Hall–Kier alpha value is 0.722. The van der Waals surface area contributed by atoms with E-state index < -0.39 is 29.5 Å². The molecular formula is Cr2O6Si. The van der Waals surface area contributed by atoms with Gasteiger partial charge in [0.1, 0.15) is 0 Å². The Balaban J connectivity index is -0.0000000720. The van der Waals surface area contributed by atoms with Gasteiger partial charge < -0.3 is 0 Å². The van der Waals surface area contributed by atoms with Crippen LogP contribution < -0.4 is 16.6 Å². The van der Waals surface area contributed by atoms with E-state index in [1.54, 1.807) is 0 Å². The molecule has 0 spiro atoms. The summed E-state index contributed by atoms with van der Waals surface area (Å²) in [6.45, 7) is 0. The molecule has 0 amide bonds. The summed E-state index contributed by atoms with van der Waals surface area (Å²) in [6, 6.07) is 0. The second-order valence-corrected chi connectivity index (χ2v) is 1.68. The summed E-state index contributed by atoms with van der Waals surface area (Å²) in [4.78, 5) is 0. The standard InChI is InChI=1S/2Cr.6O.Si/q;;;;4*-1;+4. The van der Waals surface area contributed by atoms with E-state index in [1.807, 2.05) is 0 Å². The van der Waals surface area contributed by atoms with Crippen molar-refractivity contribution in [3.63, 3.8) is 0 Å². The minimum atomic E-state index is -3.79. The molecule has 0 aromatic heterocycles. The van der Waals surface area contributed by atoms with E-state index in [0.29, 0.717) is 0 Å². The zero-order valence-electron chi connectivity index (χ0n) is 3.77. The van der Waals surface area contributed by atoms with Crippen LogP contribution in [0.2, 0.25) is 0 Å². The monoisotopic (exact) mass is 228 g/mol. The second-order valence-electron chi connectivity index (χ2n) is 0.408. The van der Waals surface area contributed by atoms with E-state index in [9.17, 15) is 0 Å². The molecule has 0 aliphatic rings. The maximum atomic E-state index is 8.54. The molecule has 52 valence electrons. The molecule has 9 heavy (non-hydrogen) atoms. The van der Waals surface area contributed by atoms with Crippen molar-refractivity contribution in [2.45, 2.75) is 0 Å². The molecule has 0 N–H and O–H groups in total. The first kappa shape index (κ1) is 16.4. The predicted molar refractivity (Wildman–Crippen MR) is 7.13 cm³/mol. The van der Waals surface area contributed by atoms with Gasteiger partial charge in [-0.1, -0.05) is 0 Å². The third-order valence-corrected chi connectivity index (χ3v) is 0. The van der Waals surface area contributed by atoms with Crippen LogP contribution in [0, 0.1) is 0 Å². The molecule has 0 saturated carbocycles. The summed E-state index contributed by atoms with van der Waals surface area (Å²) < 4.78 is 51.2. The van der Waals surface area contributed by atoms with Crippen LogP contribution in [0.5, 0.6) is 0 Å². The van der Waals surface area contributed by atoms with Crippen LogP contribution in [0.1, 0.15) is 0 Å². The first-order valence-corrected chi connectivity index (χ1v) is 4.12. The SMILES string of the molecule is [O]=[Cr]([O-])[O-].[O]=[Cr]([O-])[O-].[Si+4]. The van der Waals surface area contributed by atoms with Gasteiger partial charge in [-0.15, -0.1) is 0 Å². The van der Waals surface area contributed by atoms with E-state index in [-0.39, 0.29) is 11.0 Å². The molecule has 9 heteroatoms. The molecule has 0 radical (unpaired) electrons. The number of hydrogen-bond donors (Lipinski definition) is 0. The fraction of sp³-hybridized carbons (Fsp3) is 0. The van der Waals surface area contributed by atoms with Crippen LogP contribution in [0.3, 0.4) is 0 Å². The Morgan fingerprint density at radius 3 is 0.778 bits per heavy atom. The van der Waals surface area contributed by atoms with E-state index in [1.165, 1.54) is 0 Å². The Morgan fingerprint density at radius 1 is 0.778 bits per heavy atom. The topological polar surface area (TPSA) is 126 Å². The van der Waals surface area contributed by atoms with Gasteiger partial charge in [0.15, 0.2) is 0 Å². The van der Waals surface area contributed by atoms with Crippen LogP contribution in [0.4, 0.5) is 0 Å². The van der Waals surface area contributed by atoms with Crippen LogP contribution in [0.25, 0.3) is 0 Å². The Morgan fingerprint density at radius 2 is 0.778 bits per heavy atom.